The van der Waals surface area contributed by atoms with Crippen molar-refractivity contribution in [1.29, 1.82) is 0 Å². The fourth-order valence-electron chi connectivity index (χ4n) is 3.77. The van der Waals surface area contributed by atoms with Crippen LogP contribution in [0, 0.1) is 0 Å². The first kappa shape index (κ1) is 24.3. The fourth-order valence-corrected chi connectivity index (χ4v) is 4.89. The van der Waals surface area contributed by atoms with Crippen LogP contribution in [0.5, 0.6) is 0 Å². The first-order chi connectivity index (χ1) is 16.5. The molecule has 0 aliphatic carbocycles. The summed E-state index contributed by atoms with van der Waals surface area (Å²) in [6.45, 7) is 1.41. The van der Waals surface area contributed by atoms with Crippen molar-refractivity contribution < 1.29 is 14.3 Å². The van der Waals surface area contributed by atoms with Crippen LogP contribution < -0.4 is 5.32 Å². The maximum atomic E-state index is 12.7. The molecule has 0 spiro atoms. The Kier molecular flexibility index (Phi) is 8.26. The van der Waals surface area contributed by atoms with Crippen molar-refractivity contribution >= 4 is 40.9 Å². The van der Waals surface area contributed by atoms with E-state index in [1.54, 1.807) is 31.3 Å². The molecule has 3 aromatic rings. The van der Waals surface area contributed by atoms with Crippen molar-refractivity contribution in [2.24, 2.45) is 0 Å². The summed E-state index contributed by atoms with van der Waals surface area (Å²) in [6.07, 6.45) is 4.06. The molecule has 0 bridgehead atoms. The van der Waals surface area contributed by atoms with E-state index in [9.17, 15) is 9.59 Å². The van der Waals surface area contributed by atoms with E-state index in [1.807, 2.05) is 36.5 Å². The van der Waals surface area contributed by atoms with Crippen molar-refractivity contribution in [3.63, 3.8) is 0 Å². The Hall–Kier alpha value is -2.81. The minimum atomic E-state index is -0.305. The van der Waals surface area contributed by atoms with Crippen LogP contribution in [0.4, 0.5) is 5.69 Å². The quantitative estimate of drug-likeness (QED) is 0.437. The molecule has 0 saturated carbocycles. The van der Waals surface area contributed by atoms with Gasteiger partial charge in [-0.25, -0.2) is 4.98 Å². The van der Waals surface area contributed by atoms with Crippen molar-refractivity contribution in [2.75, 3.05) is 31.3 Å². The molecule has 1 fully saturated rings. The molecule has 2 aromatic carbocycles. The molecular weight excluding hydrogens is 472 g/mol. The van der Waals surface area contributed by atoms with Gasteiger partial charge in [0, 0.05) is 13.7 Å². The standard InChI is InChI=1S/C25H27ClN4O3S/c1-29(16-23(31)28-21-12-6-5-11-20(21)26)24(32)17-34-25-27-14-22(18-8-3-2-4-9-18)30(25)15-19-10-7-13-33-19/h2-6,8-9,11-12,14,19H,7,10,13,15-17H2,1H3,(H,28,31). The molecule has 34 heavy (non-hydrogen) atoms. The lowest BCUT2D eigenvalue weighted by molar-refractivity contribution is -0.131. The van der Waals surface area contributed by atoms with E-state index in [2.05, 4.69) is 14.9 Å². The summed E-state index contributed by atoms with van der Waals surface area (Å²) in [6, 6.07) is 17.1. The Labute approximate surface area is 208 Å². The van der Waals surface area contributed by atoms with E-state index in [1.165, 1.54) is 16.7 Å². The van der Waals surface area contributed by atoms with E-state index in [0.29, 0.717) is 17.3 Å². The molecule has 1 unspecified atom stereocenters. The molecule has 1 aromatic heterocycles. The van der Waals surface area contributed by atoms with Gasteiger partial charge in [0.15, 0.2) is 5.16 Å². The average Bonchev–Trinajstić information content (AvgIpc) is 3.50. The number of ether oxygens (including phenoxy) is 1. The molecule has 4 rings (SSSR count). The number of carbonyl (C=O) groups excluding carboxylic acids is 2. The number of likely N-dealkylation sites (N-methyl/N-ethyl adjacent to an activating group) is 1. The molecule has 1 N–H and O–H groups in total. The average molecular weight is 499 g/mol. The summed E-state index contributed by atoms with van der Waals surface area (Å²) in [5.74, 6) is -0.292. The summed E-state index contributed by atoms with van der Waals surface area (Å²) in [5, 5.41) is 3.95. The lowest BCUT2D eigenvalue weighted by Crippen LogP contribution is -2.36. The fraction of sp³-hybridized carbons (Fsp3) is 0.320. The molecule has 178 valence electrons. The number of imidazole rings is 1. The predicted octanol–water partition coefficient (Wildman–Crippen LogP) is 4.57. The summed E-state index contributed by atoms with van der Waals surface area (Å²) in [5.41, 5.74) is 2.59. The molecule has 1 saturated heterocycles. The number of nitrogens with one attached hydrogen (secondary N) is 1. The molecule has 1 atom stereocenters. The third-order valence-corrected chi connectivity index (χ3v) is 6.88. The van der Waals surface area contributed by atoms with Gasteiger partial charge in [-0.15, -0.1) is 0 Å². The van der Waals surface area contributed by atoms with Gasteiger partial charge < -0.3 is 19.5 Å². The molecule has 9 heteroatoms. The van der Waals surface area contributed by atoms with E-state index < -0.39 is 0 Å². The van der Waals surface area contributed by atoms with Gasteiger partial charge in [-0.05, 0) is 30.5 Å². The largest absolute Gasteiger partial charge is 0.376 e. The molecular formula is C25H27ClN4O3S. The normalized spacial score (nSPS) is 15.3. The van der Waals surface area contributed by atoms with Crippen molar-refractivity contribution in [3.05, 3.63) is 65.8 Å². The monoisotopic (exact) mass is 498 g/mol. The zero-order valence-electron chi connectivity index (χ0n) is 18.9. The first-order valence-electron chi connectivity index (χ1n) is 11.1. The van der Waals surface area contributed by atoms with Crippen LogP contribution in [-0.2, 0) is 20.9 Å². The summed E-state index contributed by atoms with van der Waals surface area (Å²) in [4.78, 5) is 31.1. The highest BCUT2D eigenvalue weighted by Gasteiger charge is 2.22. The Morgan fingerprint density at radius 3 is 2.71 bits per heavy atom. The topological polar surface area (TPSA) is 76.5 Å². The number of para-hydroxylation sites is 1. The third-order valence-electron chi connectivity index (χ3n) is 5.58. The number of hydrogen-bond acceptors (Lipinski definition) is 5. The molecule has 2 heterocycles. The minimum absolute atomic E-state index is 0.0652. The van der Waals surface area contributed by atoms with Crippen LogP contribution >= 0.6 is 23.4 Å². The van der Waals surface area contributed by atoms with Crippen molar-refractivity contribution in [3.8, 4) is 11.3 Å². The second-order valence-corrected chi connectivity index (χ2v) is 9.45. The van der Waals surface area contributed by atoms with Gasteiger partial charge in [0.2, 0.25) is 11.8 Å². The smallest absolute Gasteiger partial charge is 0.244 e. The lowest BCUT2D eigenvalue weighted by Gasteiger charge is -2.18. The zero-order valence-corrected chi connectivity index (χ0v) is 20.5. The number of anilines is 1. The van der Waals surface area contributed by atoms with Crippen LogP contribution in [-0.4, -0.2) is 58.3 Å². The Bertz CT molecular complexity index is 1130. The minimum Gasteiger partial charge on any atom is -0.376 e. The van der Waals surface area contributed by atoms with Gasteiger partial charge >= 0.3 is 0 Å². The SMILES string of the molecule is CN(CC(=O)Nc1ccccc1Cl)C(=O)CSc1ncc(-c2ccccc2)n1CC1CCCO1. The van der Waals surface area contributed by atoms with E-state index in [4.69, 9.17) is 16.3 Å². The van der Waals surface area contributed by atoms with Gasteiger partial charge in [-0.3, -0.25) is 9.59 Å². The van der Waals surface area contributed by atoms with Gasteiger partial charge in [0.1, 0.15) is 0 Å². The number of hydrogen-bond donors (Lipinski definition) is 1. The van der Waals surface area contributed by atoms with Gasteiger partial charge in [0.25, 0.3) is 0 Å². The molecule has 0 radical (unpaired) electrons. The van der Waals surface area contributed by atoms with E-state index >= 15 is 0 Å². The molecule has 1 aliphatic rings. The van der Waals surface area contributed by atoms with Crippen molar-refractivity contribution in [1.82, 2.24) is 14.5 Å². The number of rotatable bonds is 9. The van der Waals surface area contributed by atoms with Crippen LogP contribution in [0.25, 0.3) is 11.3 Å². The van der Waals surface area contributed by atoms with Crippen LogP contribution in [0.3, 0.4) is 0 Å². The number of thioether (sulfide) groups is 1. The summed E-state index contributed by atoms with van der Waals surface area (Å²) in [7, 11) is 1.61. The van der Waals surface area contributed by atoms with E-state index in [0.717, 1.165) is 35.9 Å². The number of nitrogens with zero attached hydrogens (tertiary/aromatic N) is 3. The second kappa shape index (κ2) is 11.6. The van der Waals surface area contributed by atoms with Gasteiger partial charge in [-0.2, -0.15) is 0 Å². The summed E-state index contributed by atoms with van der Waals surface area (Å²) >= 11 is 7.46. The van der Waals surface area contributed by atoms with Crippen molar-refractivity contribution in [2.45, 2.75) is 30.6 Å². The first-order valence-corrected chi connectivity index (χ1v) is 12.5. The van der Waals surface area contributed by atoms with Gasteiger partial charge in [0.05, 0.1) is 47.5 Å². The van der Waals surface area contributed by atoms with E-state index in [-0.39, 0.29) is 30.2 Å². The Morgan fingerprint density at radius 2 is 1.97 bits per heavy atom. The molecule has 2 amide bonds. The second-order valence-electron chi connectivity index (χ2n) is 8.10. The number of amides is 2. The lowest BCUT2D eigenvalue weighted by atomic mass is 10.1. The molecule has 1 aliphatic heterocycles. The highest BCUT2D eigenvalue weighted by Crippen LogP contribution is 2.28. The number of carbonyl (C=O) groups is 2. The van der Waals surface area contributed by atoms with Crippen LogP contribution in [0.2, 0.25) is 5.02 Å². The summed E-state index contributed by atoms with van der Waals surface area (Å²) < 4.78 is 7.98. The van der Waals surface area contributed by atoms with Gasteiger partial charge in [-0.1, -0.05) is 65.8 Å². The number of benzene rings is 2. The maximum Gasteiger partial charge on any atom is 0.244 e. The Balaban J connectivity index is 1.39. The molecule has 7 nitrogen and oxygen atoms in total. The van der Waals surface area contributed by atoms with Crippen LogP contribution in [0.1, 0.15) is 12.8 Å². The predicted molar refractivity (Wildman–Crippen MR) is 135 cm³/mol. The maximum absolute atomic E-state index is 12.7. The highest BCUT2D eigenvalue weighted by atomic mass is 35.5. The van der Waals surface area contributed by atoms with Crippen LogP contribution in [0.15, 0.2) is 66.0 Å². The Morgan fingerprint density at radius 1 is 1.21 bits per heavy atom. The number of halogens is 1. The highest BCUT2D eigenvalue weighted by molar-refractivity contribution is 7.99. The zero-order chi connectivity index (χ0) is 23.9. The number of aromatic nitrogens is 2. The third kappa shape index (κ3) is 6.20.